The first kappa shape index (κ1) is 5.35. The molecule has 0 saturated heterocycles. The smallest absolute Gasteiger partial charge is 0.164 e. The molecule has 0 unspecified atom stereocenters. The summed E-state index contributed by atoms with van der Waals surface area (Å²) in [5, 5.41) is 0. The van der Waals surface area contributed by atoms with Crippen molar-refractivity contribution in [1.82, 2.24) is 0 Å². The van der Waals surface area contributed by atoms with Crippen molar-refractivity contribution in [2.24, 2.45) is 0 Å². The molecule has 0 aliphatic carbocycles. The quantitative estimate of drug-likeness (QED) is 0.503. The molecule has 1 heterocycles. The Kier molecular flexibility index (Phi) is 1.08. The van der Waals surface area contributed by atoms with Crippen LogP contribution in [0.1, 0.15) is 11.3 Å². The van der Waals surface area contributed by atoms with Gasteiger partial charge in [-0.15, -0.1) is 0 Å². The van der Waals surface area contributed by atoms with E-state index in [2.05, 4.69) is 0 Å². The van der Waals surface area contributed by atoms with E-state index in [1.54, 1.807) is 13.8 Å². The molecule has 0 radical (unpaired) electrons. The van der Waals surface area contributed by atoms with Crippen LogP contribution in [0.4, 0.5) is 4.39 Å². The second-order valence-electron chi connectivity index (χ2n) is 1.76. The molecular formula is C6H7FO. The standard InChI is InChI=1S/C6H7FO/c1-4-5(2)8-3-6(4)7/h3H,1-2H3. The molecule has 0 atom stereocenters. The van der Waals surface area contributed by atoms with Gasteiger partial charge in [-0.3, -0.25) is 0 Å². The van der Waals surface area contributed by atoms with E-state index in [9.17, 15) is 4.39 Å². The van der Waals surface area contributed by atoms with Crippen molar-refractivity contribution in [3.8, 4) is 0 Å². The van der Waals surface area contributed by atoms with Gasteiger partial charge in [-0.25, -0.2) is 4.39 Å². The molecule has 0 aliphatic heterocycles. The van der Waals surface area contributed by atoms with Gasteiger partial charge < -0.3 is 4.42 Å². The number of hydrogen-bond donors (Lipinski definition) is 0. The minimum atomic E-state index is -0.262. The zero-order chi connectivity index (χ0) is 6.15. The average molecular weight is 114 g/mol. The lowest BCUT2D eigenvalue weighted by atomic mass is 10.3. The molecule has 1 aromatic rings. The molecule has 0 fully saturated rings. The minimum Gasteiger partial charge on any atom is -0.466 e. The highest BCUT2D eigenvalue weighted by atomic mass is 19.1. The number of halogens is 1. The lowest BCUT2D eigenvalue weighted by Crippen LogP contribution is -1.72. The first-order valence-corrected chi connectivity index (χ1v) is 2.42. The van der Waals surface area contributed by atoms with E-state index < -0.39 is 0 Å². The fraction of sp³-hybridized carbons (Fsp3) is 0.333. The van der Waals surface area contributed by atoms with Crippen molar-refractivity contribution in [2.75, 3.05) is 0 Å². The molecule has 0 aromatic carbocycles. The molecule has 0 amide bonds. The van der Waals surface area contributed by atoms with Crippen LogP contribution >= 0.6 is 0 Å². The van der Waals surface area contributed by atoms with E-state index in [1.165, 1.54) is 0 Å². The summed E-state index contributed by atoms with van der Waals surface area (Å²) in [5.74, 6) is 0.394. The minimum absolute atomic E-state index is 0.262. The number of hydrogen-bond acceptors (Lipinski definition) is 1. The van der Waals surface area contributed by atoms with Crippen LogP contribution in [0.5, 0.6) is 0 Å². The fourth-order valence-corrected chi connectivity index (χ4v) is 0.485. The lowest BCUT2D eigenvalue weighted by Gasteiger charge is -1.81. The molecule has 0 bridgehead atoms. The Morgan fingerprint density at radius 1 is 1.50 bits per heavy atom. The maximum absolute atomic E-state index is 12.2. The van der Waals surface area contributed by atoms with E-state index >= 15 is 0 Å². The van der Waals surface area contributed by atoms with Gasteiger partial charge in [0, 0.05) is 5.56 Å². The maximum Gasteiger partial charge on any atom is 0.164 e. The third kappa shape index (κ3) is 0.619. The number of aryl methyl sites for hydroxylation is 1. The molecule has 1 aromatic heterocycles. The monoisotopic (exact) mass is 114 g/mol. The molecule has 8 heavy (non-hydrogen) atoms. The average Bonchev–Trinajstić information content (AvgIpc) is 1.98. The maximum atomic E-state index is 12.2. The van der Waals surface area contributed by atoms with E-state index in [0.29, 0.717) is 11.3 Å². The normalized spacial score (nSPS) is 9.88. The van der Waals surface area contributed by atoms with Gasteiger partial charge in [-0.05, 0) is 13.8 Å². The predicted octanol–water partition coefficient (Wildman–Crippen LogP) is 2.04. The molecular weight excluding hydrogens is 107 g/mol. The summed E-state index contributed by atoms with van der Waals surface area (Å²) in [4.78, 5) is 0. The summed E-state index contributed by atoms with van der Waals surface area (Å²) < 4.78 is 17.0. The predicted molar refractivity (Wildman–Crippen MR) is 28.1 cm³/mol. The Morgan fingerprint density at radius 2 is 2.12 bits per heavy atom. The van der Waals surface area contributed by atoms with Crippen molar-refractivity contribution in [3.05, 3.63) is 23.4 Å². The Labute approximate surface area is 47.1 Å². The zero-order valence-corrected chi connectivity index (χ0v) is 4.86. The molecule has 0 aliphatic rings. The van der Waals surface area contributed by atoms with Gasteiger partial charge in [0.15, 0.2) is 5.82 Å². The lowest BCUT2D eigenvalue weighted by molar-refractivity contribution is 0.511. The second-order valence-corrected chi connectivity index (χ2v) is 1.76. The Hall–Kier alpha value is -0.790. The largest absolute Gasteiger partial charge is 0.466 e. The van der Waals surface area contributed by atoms with Crippen LogP contribution in [0.15, 0.2) is 10.7 Å². The van der Waals surface area contributed by atoms with Gasteiger partial charge in [0.1, 0.15) is 12.0 Å². The third-order valence-corrected chi connectivity index (χ3v) is 1.23. The van der Waals surface area contributed by atoms with Crippen LogP contribution in [-0.2, 0) is 0 Å². The van der Waals surface area contributed by atoms with E-state index in [4.69, 9.17) is 4.42 Å². The van der Waals surface area contributed by atoms with Crippen molar-refractivity contribution >= 4 is 0 Å². The van der Waals surface area contributed by atoms with Crippen LogP contribution in [0.3, 0.4) is 0 Å². The van der Waals surface area contributed by atoms with Crippen LogP contribution in [-0.4, -0.2) is 0 Å². The Bertz CT molecular complexity index is 171. The number of rotatable bonds is 0. The van der Waals surface area contributed by atoms with Crippen molar-refractivity contribution in [3.63, 3.8) is 0 Å². The third-order valence-electron chi connectivity index (χ3n) is 1.23. The van der Waals surface area contributed by atoms with Gasteiger partial charge >= 0.3 is 0 Å². The molecule has 1 nitrogen and oxygen atoms in total. The fourth-order valence-electron chi connectivity index (χ4n) is 0.485. The molecule has 2 heteroatoms. The SMILES string of the molecule is Cc1occ(F)c1C. The second kappa shape index (κ2) is 1.62. The zero-order valence-electron chi connectivity index (χ0n) is 4.86. The van der Waals surface area contributed by atoms with E-state index in [-0.39, 0.29) is 5.82 Å². The molecule has 0 saturated carbocycles. The highest BCUT2D eigenvalue weighted by Crippen LogP contribution is 2.11. The summed E-state index contributed by atoms with van der Waals surface area (Å²) in [6, 6.07) is 0. The van der Waals surface area contributed by atoms with Gasteiger partial charge in [-0.2, -0.15) is 0 Å². The van der Waals surface area contributed by atoms with Crippen LogP contribution in [0, 0.1) is 19.7 Å². The van der Waals surface area contributed by atoms with Crippen LogP contribution in [0.2, 0.25) is 0 Å². The van der Waals surface area contributed by atoms with Crippen LogP contribution < -0.4 is 0 Å². The van der Waals surface area contributed by atoms with E-state index in [0.717, 1.165) is 6.26 Å². The summed E-state index contributed by atoms with van der Waals surface area (Å²) >= 11 is 0. The molecule has 1 rings (SSSR count). The molecule has 0 N–H and O–H groups in total. The molecule has 0 spiro atoms. The highest BCUT2D eigenvalue weighted by molar-refractivity contribution is 5.14. The van der Waals surface area contributed by atoms with Gasteiger partial charge in [0.2, 0.25) is 0 Å². The van der Waals surface area contributed by atoms with Gasteiger partial charge in [0.05, 0.1) is 0 Å². The highest BCUT2D eigenvalue weighted by Gasteiger charge is 2.01. The molecule has 44 valence electrons. The van der Waals surface area contributed by atoms with E-state index in [1.807, 2.05) is 0 Å². The summed E-state index contributed by atoms with van der Waals surface area (Å²) in [6.45, 7) is 3.42. The Balaban J connectivity index is 3.19. The van der Waals surface area contributed by atoms with Gasteiger partial charge in [-0.1, -0.05) is 0 Å². The summed E-state index contributed by atoms with van der Waals surface area (Å²) in [6.07, 6.45) is 1.12. The summed E-state index contributed by atoms with van der Waals surface area (Å²) in [5.41, 5.74) is 0.602. The first-order valence-electron chi connectivity index (χ1n) is 2.42. The topological polar surface area (TPSA) is 13.1 Å². The van der Waals surface area contributed by atoms with Crippen molar-refractivity contribution in [2.45, 2.75) is 13.8 Å². The summed E-state index contributed by atoms with van der Waals surface area (Å²) in [7, 11) is 0. The number of furan rings is 1. The first-order chi connectivity index (χ1) is 3.72. The van der Waals surface area contributed by atoms with Gasteiger partial charge in [0.25, 0.3) is 0 Å². The van der Waals surface area contributed by atoms with Crippen molar-refractivity contribution in [1.29, 1.82) is 0 Å². The van der Waals surface area contributed by atoms with Crippen LogP contribution in [0.25, 0.3) is 0 Å². The Morgan fingerprint density at radius 3 is 2.25 bits per heavy atom. The van der Waals surface area contributed by atoms with Crippen molar-refractivity contribution < 1.29 is 8.81 Å².